The Bertz CT molecular complexity index is 1530. The van der Waals surface area contributed by atoms with Gasteiger partial charge in [0.15, 0.2) is 11.6 Å². The van der Waals surface area contributed by atoms with Crippen molar-refractivity contribution in [2.75, 3.05) is 31.1 Å². The molecule has 0 unspecified atom stereocenters. The van der Waals surface area contributed by atoms with Crippen molar-refractivity contribution in [1.82, 2.24) is 14.0 Å². The topological polar surface area (TPSA) is 127 Å². The molecule has 0 aliphatic carbocycles. The molecule has 1 fully saturated rings. The summed E-state index contributed by atoms with van der Waals surface area (Å²) >= 11 is 0. The van der Waals surface area contributed by atoms with Crippen molar-refractivity contribution in [1.29, 1.82) is 5.26 Å². The number of nitrogens with one attached hydrogen (secondary N) is 1. The number of nitriles is 1. The van der Waals surface area contributed by atoms with E-state index in [1.165, 1.54) is 12.1 Å². The van der Waals surface area contributed by atoms with Crippen molar-refractivity contribution in [3.8, 4) is 17.6 Å². The van der Waals surface area contributed by atoms with Gasteiger partial charge in [-0.1, -0.05) is 0 Å². The summed E-state index contributed by atoms with van der Waals surface area (Å²) in [7, 11) is -4.39. The molecule has 10 nitrogen and oxygen atoms in total. The van der Waals surface area contributed by atoms with E-state index in [0.29, 0.717) is 10.8 Å². The highest BCUT2D eigenvalue weighted by Crippen LogP contribution is 2.36. The first kappa shape index (κ1) is 25.2. The van der Waals surface area contributed by atoms with Gasteiger partial charge in [0.25, 0.3) is 5.56 Å². The number of aromatic nitrogens is 2. The second kappa shape index (κ2) is 9.99. The van der Waals surface area contributed by atoms with Gasteiger partial charge in [-0.2, -0.15) is 22.4 Å². The molecule has 4 rings (SSSR count). The lowest BCUT2D eigenvalue weighted by Crippen LogP contribution is -2.34. The Hall–Kier alpha value is -3.90. The Morgan fingerprint density at radius 3 is 2.72 bits per heavy atom. The van der Waals surface area contributed by atoms with Gasteiger partial charge >= 0.3 is 10.2 Å². The summed E-state index contributed by atoms with van der Waals surface area (Å²) in [5.74, 6) is -4.29. The minimum atomic E-state index is -4.39. The van der Waals surface area contributed by atoms with Crippen molar-refractivity contribution in [3.63, 3.8) is 0 Å². The molecular formula is C21H17F4N5O5S. The first-order chi connectivity index (χ1) is 17.1. The lowest BCUT2D eigenvalue weighted by atomic mass is 10.1. The smallest absolute Gasteiger partial charge is 0.301 e. The van der Waals surface area contributed by atoms with Gasteiger partial charge in [0.2, 0.25) is 5.82 Å². The Labute approximate surface area is 201 Å². The number of halogens is 4. The number of fused-ring (bicyclic) bond motifs is 1. The van der Waals surface area contributed by atoms with Gasteiger partial charge in [0.1, 0.15) is 43.2 Å². The Kier molecular flexibility index (Phi) is 7.00. The fraction of sp³-hybridized carbons (Fsp3) is 0.286. The van der Waals surface area contributed by atoms with Crippen LogP contribution in [0.15, 0.2) is 35.4 Å². The molecule has 2 heterocycles. The molecule has 0 amide bonds. The third-order valence-corrected chi connectivity index (χ3v) is 6.68. The Balaban J connectivity index is 1.72. The lowest BCUT2D eigenvalue weighted by molar-refractivity contribution is 0.0889. The highest BCUT2D eigenvalue weighted by molar-refractivity contribution is 7.90. The zero-order valence-electron chi connectivity index (χ0n) is 18.2. The van der Waals surface area contributed by atoms with Crippen LogP contribution in [0.3, 0.4) is 0 Å². The van der Waals surface area contributed by atoms with Crippen molar-refractivity contribution in [2.24, 2.45) is 0 Å². The molecule has 1 atom stereocenters. The van der Waals surface area contributed by atoms with Crippen LogP contribution in [0.2, 0.25) is 0 Å². The maximum Gasteiger partial charge on any atom is 0.301 e. The molecule has 0 bridgehead atoms. The molecule has 190 valence electrons. The molecule has 15 heteroatoms. The predicted octanol–water partition coefficient (Wildman–Crippen LogP) is 2.44. The van der Waals surface area contributed by atoms with Crippen molar-refractivity contribution in [3.05, 3.63) is 58.1 Å². The van der Waals surface area contributed by atoms with E-state index in [0.717, 1.165) is 16.7 Å². The zero-order valence-corrected chi connectivity index (χ0v) is 19.1. The minimum Gasteiger partial charge on any atom is -0.453 e. The maximum atomic E-state index is 14.7. The van der Waals surface area contributed by atoms with Crippen LogP contribution < -0.4 is 19.9 Å². The number of benzene rings is 2. The first-order valence-corrected chi connectivity index (χ1v) is 11.8. The SMILES string of the molecule is N#Cc1c(NS(=O)(=O)N2CC[C@H](F)C2)cc(F)c(F)c1Oc1ccc2ncn(OCCF)c(=O)c2c1. The third kappa shape index (κ3) is 4.90. The summed E-state index contributed by atoms with van der Waals surface area (Å²) in [6, 6.07) is 5.72. The van der Waals surface area contributed by atoms with Crippen LogP contribution in [0.1, 0.15) is 12.0 Å². The third-order valence-electron chi connectivity index (χ3n) is 5.19. The van der Waals surface area contributed by atoms with E-state index in [9.17, 15) is 36.0 Å². The monoisotopic (exact) mass is 527 g/mol. The molecule has 0 spiro atoms. The van der Waals surface area contributed by atoms with E-state index >= 15 is 0 Å². The number of nitrogens with zero attached hydrogens (tertiary/aromatic N) is 4. The summed E-state index contributed by atoms with van der Waals surface area (Å²) in [6.07, 6.45) is -0.379. The van der Waals surface area contributed by atoms with Gasteiger partial charge in [0, 0.05) is 19.2 Å². The average Bonchev–Trinajstić information content (AvgIpc) is 3.29. The number of anilines is 1. The normalized spacial score (nSPS) is 16.1. The standard InChI is InChI=1S/C21H17F4N5O5S/c22-4-6-34-30-11-27-17-2-1-13(7-14(17)21(30)31)35-20-15(9-26)18(8-16(24)19(20)25)28-36(32,33)29-5-3-12(23)10-29/h1-2,7-8,11-12,28H,3-6,10H2/t12-/m0/s1. The zero-order chi connectivity index (χ0) is 26.0. The lowest BCUT2D eigenvalue weighted by Gasteiger charge is -2.19. The van der Waals surface area contributed by atoms with Gasteiger partial charge in [0.05, 0.1) is 16.6 Å². The van der Waals surface area contributed by atoms with E-state index < -0.39 is 70.4 Å². The average molecular weight is 527 g/mol. The van der Waals surface area contributed by atoms with Crippen LogP contribution in [-0.4, -0.2) is 55.0 Å². The molecule has 1 aliphatic heterocycles. The summed E-state index contributed by atoms with van der Waals surface area (Å²) in [5, 5.41) is 9.51. The molecular weight excluding hydrogens is 510 g/mol. The quantitative estimate of drug-likeness (QED) is 0.446. The van der Waals surface area contributed by atoms with Crippen LogP contribution in [-0.2, 0) is 10.2 Å². The number of hydrogen-bond acceptors (Lipinski definition) is 7. The van der Waals surface area contributed by atoms with E-state index in [-0.39, 0.29) is 29.6 Å². The van der Waals surface area contributed by atoms with E-state index in [1.807, 2.05) is 4.72 Å². The highest BCUT2D eigenvalue weighted by Gasteiger charge is 2.33. The van der Waals surface area contributed by atoms with Crippen molar-refractivity contribution in [2.45, 2.75) is 12.6 Å². The fourth-order valence-corrected chi connectivity index (χ4v) is 4.76. The number of rotatable bonds is 8. The highest BCUT2D eigenvalue weighted by atomic mass is 32.2. The maximum absolute atomic E-state index is 14.7. The summed E-state index contributed by atoms with van der Waals surface area (Å²) in [4.78, 5) is 21.5. The first-order valence-electron chi connectivity index (χ1n) is 10.4. The second-order valence-electron chi connectivity index (χ2n) is 7.57. The Morgan fingerprint density at radius 2 is 2.06 bits per heavy atom. The van der Waals surface area contributed by atoms with Crippen molar-refractivity contribution < 1.29 is 35.6 Å². The summed E-state index contributed by atoms with van der Waals surface area (Å²) < 4.78 is 88.8. The number of ether oxygens (including phenoxy) is 1. The molecule has 0 saturated carbocycles. The summed E-state index contributed by atoms with van der Waals surface area (Å²) in [6.45, 7) is -1.84. The molecule has 1 aliphatic rings. The van der Waals surface area contributed by atoms with Crippen LogP contribution in [0.25, 0.3) is 10.9 Å². The fourth-order valence-electron chi connectivity index (χ4n) is 3.49. The second-order valence-corrected chi connectivity index (χ2v) is 9.24. The van der Waals surface area contributed by atoms with Crippen LogP contribution in [0.5, 0.6) is 11.5 Å². The van der Waals surface area contributed by atoms with Gasteiger partial charge in [-0.25, -0.2) is 18.2 Å². The molecule has 1 saturated heterocycles. The van der Waals surface area contributed by atoms with Crippen LogP contribution >= 0.6 is 0 Å². The largest absolute Gasteiger partial charge is 0.453 e. The summed E-state index contributed by atoms with van der Waals surface area (Å²) in [5.41, 5.74) is -1.89. The van der Waals surface area contributed by atoms with Crippen molar-refractivity contribution >= 4 is 26.8 Å². The van der Waals surface area contributed by atoms with Gasteiger partial charge in [-0.05, 0) is 24.6 Å². The molecule has 1 N–H and O–H groups in total. The molecule has 36 heavy (non-hydrogen) atoms. The molecule has 0 radical (unpaired) electrons. The van der Waals surface area contributed by atoms with Gasteiger partial charge in [-0.15, -0.1) is 4.73 Å². The predicted molar refractivity (Wildman–Crippen MR) is 118 cm³/mol. The molecule has 3 aromatic rings. The van der Waals surface area contributed by atoms with Crippen LogP contribution in [0.4, 0.5) is 23.2 Å². The molecule has 1 aromatic heterocycles. The Morgan fingerprint density at radius 1 is 1.28 bits per heavy atom. The van der Waals surface area contributed by atoms with E-state index in [2.05, 4.69) is 4.98 Å². The number of alkyl halides is 2. The minimum absolute atomic E-state index is 0.0322. The van der Waals surface area contributed by atoms with Gasteiger partial charge < -0.3 is 9.57 Å². The van der Waals surface area contributed by atoms with E-state index in [4.69, 9.17) is 9.57 Å². The van der Waals surface area contributed by atoms with Gasteiger partial charge in [-0.3, -0.25) is 9.52 Å². The van der Waals surface area contributed by atoms with E-state index in [1.54, 1.807) is 6.07 Å². The number of hydrogen-bond donors (Lipinski definition) is 1. The molecule has 2 aromatic carbocycles. The van der Waals surface area contributed by atoms with Crippen LogP contribution in [0, 0.1) is 23.0 Å².